The molecule has 2 rings (SSSR count). The van der Waals surface area contributed by atoms with E-state index in [9.17, 15) is 4.79 Å². The summed E-state index contributed by atoms with van der Waals surface area (Å²) in [5.74, 6) is 0.291. The van der Waals surface area contributed by atoms with Gasteiger partial charge in [-0.1, -0.05) is 5.16 Å². The Labute approximate surface area is 82.9 Å². The van der Waals surface area contributed by atoms with Crippen LogP contribution in [0.25, 0.3) is 0 Å². The number of nitrogens with one attached hydrogen (secondary N) is 2. The zero-order valence-corrected chi connectivity index (χ0v) is 7.75. The number of carbonyl (C=O) groups is 1. The van der Waals surface area contributed by atoms with E-state index in [1.54, 1.807) is 17.6 Å². The van der Waals surface area contributed by atoms with Gasteiger partial charge in [0, 0.05) is 17.6 Å². The number of thiazole rings is 1. The predicted octanol–water partition coefficient (Wildman–Crippen LogP) is 1.78. The van der Waals surface area contributed by atoms with Gasteiger partial charge in [0.2, 0.25) is 5.88 Å². The molecule has 14 heavy (non-hydrogen) atoms. The van der Waals surface area contributed by atoms with Crippen molar-refractivity contribution in [3.63, 3.8) is 0 Å². The summed E-state index contributed by atoms with van der Waals surface area (Å²) in [6.07, 6.45) is 3.05. The first-order valence-corrected chi connectivity index (χ1v) is 4.61. The molecule has 7 heteroatoms. The van der Waals surface area contributed by atoms with Crippen molar-refractivity contribution in [1.82, 2.24) is 10.1 Å². The average Bonchev–Trinajstić information content (AvgIpc) is 2.76. The van der Waals surface area contributed by atoms with Crippen LogP contribution in [0.4, 0.5) is 15.8 Å². The van der Waals surface area contributed by atoms with Gasteiger partial charge in [-0.3, -0.25) is 10.6 Å². The second kappa shape index (κ2) is 3.88. The van der Waals surface area contributed by atoms with Crippen LogP contribution in [0.1, 0.15) is 0 Å². The zero-order valence-electron chi connectivity index (χ0n) is 6.93. The Bertz CT molecular complexity index is 359. The first-order valence-electron chi connectivity index (χ1n) is 3.73. The van der Waals surface area contributed by atoms with E-state index in [-0.39, 0.29) is 0 Å². The molecule has 0 aliphatic heterocycles. The highest BCUT2D eigenvalue weighted by molar-refractivity contribution is 7.13. The van der Waals surface area contributed by atoms with Crippen molar-refractivity contribution in [1.29, 1.82) is 0 Å². The van der Waals surface area contributed by atoms with Crippen molar-refractivity contribution in [2.24, 2.45) is 0 Å². The van der Waals surface area contributed by atoms with Gasteiger partial charge < -0.3 is 4.52 Å². The summed E-state index contributed by atoms with van der Waals surface area (Å²) in [7, 11) is 0. The number of nitrogens with zero attached hydrogens (tertiary/aromatic N) is 2. The van der Waals surface area contributed by atoms with Crippen LogP contribution in [-0.2, 0) is 0 Å². The maximum Gasteiger partial charge on any atom is 0.327 e. The molecule has 72 valence electrons. The summed E-state index contributed by atoms with van der Waals surface area (Å²) in [4.78, 5) is 15.1. The van der Waals surface area contributed by atoms with E-state index in [1.165, 1.54) is 17.5 Å². The van der Waals surface area contributed by atoms with Crippen LogP contribution in [0, 0.1) is 0 Å². The molecule has 0 unspecified atom stereocenters. The van der Waals surface area contributed by atoms with Gasteiger partial charge in [0.25, 0.3) is 0 Å². The molecule has 2 aromatic heterocycles. The van der Waals surface area contributed by atoms with Crippen LogP contribution in [0.3, 0.4) is 0 Å². The van der Waals surface area contributed by atoms with Crippen LogP contribution < -0.4 is 10.6 Å². The first-order chi connectivity index (χ1) is 6.84. The number of hydrogen-bond donors (Lipinski definition) is 2. The number of anilines is 2. The molecule has 0 saturated carbocycles. The molecular formula is C7H6N4O2S. The molecule has 2 aromatic rings. The molecule has 2 heterocycles. The minimum atomic E-state index is -0.406. The Morgan fingerprint density at radius 2 is 2.36 bits per heavy atom. The lowest BCUT2D eigenvalue weighted by Crippen LogP contribution is -2.18. The van der Waals surface area contributed by atoms with Crippen LogP contribution >= 0.6 is 11.3 Å². The molecule has 2 amide bonds. The molecule has 0 aliphatic rings. The molecule has 0 saturated heterocycles. The fraction of sp³-hybridized carbons (Fsp3) is 0. The van der Waals surface area contributed by atoms with E-state index in [4.69, 9.17) is 0 Å². The van der Waals surface area contributed by atoms with Crippen LogP contribution in [0.15, 0.2) is 28.4 Å². The van der Waals surface area contributed by atoms with Crippen LogP contribution in [-0.4, -0.2) is 16.2 Å². The van der Waals surface area contributed by atoms with Gasteiger partial charge in [-0.15, -0.1) is 11.3 Å². The van der Waals surface area contributed by atoms with Gasteiger partial charge in [-0.2, -0.15) is 0 Å². The number of urea groups is 1. The topological polar surface area (TPSA) is 80.0 Å². The van der Waals surface area contributed by atoms with E-state index in [0.717, 1.165) is 0 Å². The molecule has 0 spiro atoms. The summed E-state index contributed by atoms with van der Waals surface area (Å²) in [5, 5.41) is 10.7. The third kappa shape index (κ3) is 2.07. The van der Waals surface area contributed by atoms with E-state index >= 15 is 0 Å². The summed E-state index contributed by atoms with van der Waals surface area (Å²) in [6.45, 7) is 0. The van der Waals surface area contributed by atoms with Crippen molar-refractivity contribution < 1.29 is 9.32 Å². The molecular weight excluding hydrogens is 204 g/mol. The Morgan fingerprint density at radius 1 is 1.43 bits per heavy atom. The summed E-state index contributed by atoms with van der Waals surface area (Å²) >= 11 is 1.33. The van der Waals surface area contributed by atoms with E-state index < -0.39 is 6.03 Å². The number of carbonyl (C=O) groups excluding carboxylic acids is 1. The normalized spacial score (nSPS) is 9.71. The molecule has 6 nitrogen and oxygen atoms in total. The fourth-order valence-corrected chi connectivity index (χ4v) is 1.33. The second-order valence-corrected chi connectivity index (χ2v) is 3.19. The lowest BCUT2D eigenvalue weighted by atomic mass is 10.6. The monoisotopic (exact) mass is 210 g/mol. The third-order valence-electron chi connectivity index (χ3n) is 1.33. The van der Waals surface area contributed by atoms with E-state index in [2.05, 4.69) is 25.3 Å². The maximum atomic E-state index is 11.2. The molecule has 0 bridgehead atoms. The molecule has 0 atom stereocenters. The third-order valence-corrected chi connectivity index (χ3v) is 2.02. The summed E-state index contributed by atoms with van der Waals surface area (Å²) in [6, 6.07) is 1.14. The molecule has 0 aliphatic carbocycles. The van der Waals surface area contributed by atoms with Gasteiger partial charge in [0.05, 0.1) is 6.20 Å². The molecule has 0 radical (unpaired) electrons. The Kier molecular flexibility index (Phi) is 2.41. The van der Waals surface area contributed by atoms with Crippen molar-refractivity contribution in [3.8, 4) is 0 Å². The largest absolute Gasteiger partial charge is 0.338 e. The lowest BCUT2D eigenvalue weighted by molar-refractivity contribution is 0.261. The highest BCUT2D eigenvalue weighted by Crippen LogP contribution is 2.11. The quantitative estimate of drug-likeness (QED) is 0.791. The summed E-state index contributed by atoms with van der Waals surface area (Å²) in [5.41, 5.74) is 0. The van der Waals surface area contributed by atoms with Crippen molar-refractivity contribution in [3.05, 3.63) is 23.8 Å². The van der Waals surface area contributed by atoms with Gasteiger partial charge in [-0.05, 0) is 0 Å². The smallest absolute Gasteiger partial charge is 0.327 e. The maximum absolute atomic E-state index is 11.2. The molecule has 0 fully saturated rings. The van der Waals surface area contributed by atoms with Crippen molar-refractivity contribution in [2.75, 3.05) is 10.6 Å². The predicted molar refractivity (Wildman–Crippen MR) is 51.3 cm³/mol. The lowest BCUT2D eigenvalue weighted by Gasteiger charge is -1.99. The number of amides is 2. The highest BCUT2D eigenvalue weighted by atomic mass is 32.1. The standard InChI is InChI=1S/C7H6N4O2S/c12-6(10-5-1-2-9-13-5)11-7-8-3-4-14-7/h1-4H,(H2,8,10,11,12). The van der Waals surface area contributed by atoms with Gasteiger partial charge in [-0.25, -0.2) is 9.78 Å². The zero-order chi connectivity index (χ0) is 9.80. The second-order valence-electron chi connectivity index (χ2n) is 2.29. The first kappa shape index (κ1) is 8.70. The molecule has 2 N–H and O–H groups in total. The molecule has 0 aromatic carbocycles. The summed E-state index contributed by atoms with van der Waals surface area (Å²) < 4.78 is 4.68. The van der Waals surface area contributed by atoms with E-state index in [0.29, 0.717) is 11.0 Å². The van der Waals surface area contributed by atoms with Crippen LogP contribution in [0.2, 0.25) is 0 Å². The average molecular weight is 210 g/mol. The SMILES string of the molecule is O=C(Nc1ccno1)Nc1nccs1. The minimum Gasteiger partial charge on any atom is -0.338 e. The van der Waals surface area contributed by atoms with Gasteiger partial charge >= 0.3 is 6.03 Å². The Morgan fingerprint density at radius 3 is 3.00 bits per heavy atom. The number of rotatable bonds is 2. The minimum absolute atomic E-state index is 0.291. The number of aromatic nitrogens is 2. The van der Waals surface area contributed by atoms with Crippen molar-refractivity contribution in [2.45, 2.75) is 0 Å². The van der Waals surface area contributed by atoms with Crippen LogP contribution in [0.5, 0.6) is 0 Å². The fourth-order valence-electron chi connectivity index (χ4n) is 0.806. The van der Waals surface area contributed by atoms with Gasteiger partial charge in [0.1, 0.15) is 0 Å². The number of hydrogen-bond acceptors (Lipinski definition) is 5. The Hall–Kier alpha value is -1.89. The highest BCUT2D eigenvalue weighted by Gasteiger charge is 2.05. The Balaban J connectivity index is 1.91. The van der Waals surface area contributed by atoms with E-state index in [1.807, 2.05) is 0 Å². The van der Waals surface area contributed by atoms with Crippen molar-refractivity contribution >= 4 is 28.4 Å². The van der Waals surface area contributed by atoms with Gasteiger partial charge in [0.15, 0.2) is 5.13 Å².